The lowest BCUT2D eigenvalue weighted by molar-refractivity contribution is -0.574. The molecule has 0 saturated heterocycles. The minimum absolute atomic E-state index is 0.0179. The third-order valence-electron chi connectivity index (χ3n) is 11.5. The van der Waals surface area contributed by atoms with Crippen LogP contribution in [0.1, 0.15) is 86.7 Å². The van der Waals surface area contributed by atoms with Crippen molar-refractivity contribution in [2.24, 2.45) is 0 Å². The zero-order valence-electron chi connectivity index (χ0n) is 38.5. The Balaban J connectivity index is 1.32. The number of nitro groups is 1. The Morgan fingerprint density at radius 1 is 0.565 bits per heavy atom. The van der Waals surface area contributed by atoms with Crippen molar-refractivity contribution in [2.45, 2.75) is 83.8 Å². The van der Waals surface area contributed by atoms with Crippen molar-refractivity contribution in [3.05, 3.63) is 172 Å². The van der Waals surface area contributed by atoms with Gasteiger partial charge < -0.3 is 54.4 Å². The van der Waals surface area contributed by atoms with Gasteiger partial charge in [-0.1, -0.05) is 60.7 Å². The third kappa shape index (κ3) is 14.3. The maximum atomic E-state index is 13.8. The summed E-state index contributed by atoms with van der Waals surface area (Å²) in [6.07, 6.45) is 4.21. The maximum Gasteiger partial charge on any atom is 0.271 e. The summed E-state index contributed by atoms with van der Waals surface area (Å²) < 4.78 is 15.9. The molecule has 368 valence electrons. The Bertz CT molecular complexity index is 2570. The molecule has 5 aromatic rings. The number of benzene rings is 2. The third-order valence-corrected chi connectivity index (χ3v) is 11.5. The van der Waals surface area contributed by atoms with Crippen molar-refractivity contribution in [3.63, 3.8) is 0 Å². The fourth-order valence-electron chi connectivity index (χ4n) is 7.95. The van der Waals surface area contributed by atoms with Gasteiger partial charge >= 0.3 is 0 Å². The van der Waals surface area contributed by atoms with Crippen LogP contribution < -0.4 is 41.7 Å². The van der Waals surface area contributed by atoms with Gasteiger partial charge in [0.15, 0.2) is 28.3 Å². The molecule has 0 radical (unpaired) electrons. The van der Waals surface area contributed by atoms with Crippen molar-refractivity contribution in [2.75, 3.05) is 39.5 Å². The van der Waals surface area contributed by atoms with Crippen LogP contribution in [0.15, 0.2) is 112 Å². The number of hydrogen-bond acceptors (Lipinski definition) is 13. The topological polar surface area (TPSA) is 276 Å². The van der Waals surface area contributed by atoms with E-state index in [1.165, 1.54) is 57.4 Å². The van der Waals surface area contributed by atoms with Gasteiger partial charge in [0, 0.05) is 106 Å². The average Bonchev–Trinajstić information content (AvgIpc) is 3.34. The predicted octanol–water partition coefficient (Wildman–Crippen LogP) is 2.56. The zero-order chi connectivity index (χ0) is 49.8. The summed E-state index contributed by atoms with van der Waals surface area (Å²) in [6, 6.07) is 21.7. The second-order valence-electron chi connectivity index (χ2n) is 16.2. The number of ether oxygens (including phenoxy) is 2. The van der Waals surface area contributed by atoms with E-state index in [4.69, 9.17) is 9.47 Å². The fourth-order valence-corrected chi connectivity index (χ4v) is 7.95. The van der Waals surface area contributed by atoms with Crippen LogP contribution in [0, 0.1) is 17.0 Å². The Morgan fingerprint density at radius 2 is 0.913 bits per heavy atom. The number of rotatable bonds is 28. The quantitative estimate of drug-likeness (QED) is 0.0239. The normalized spacial score (nSPS) is 11.2. The molecule has 69 heavy (non-hydrogen) atoms. The van der Waals surface area contributed by atoms with Crippen molar-refractivity contribution in [1.29, 1.82) is 0 Å². The highest BCUT2D eigenvalue weighted by molar-refractivity contribution is 5.96. The number of nitrogens with zero attached hydrogens (tertiary/aromatic N) is 4. The van der Waals surface area contributed by atoms with E-state index < -0.39 is 39.0 Å². The molecule has 0 unspecified atom stereocenters. The summed E-state index contributed by atoms with van der Waals surface area (Å²) in [5.74, 6) is -2.46. The Morgan fingerprint density at radius 3 is 1.28 bits per heavy atom. The Hall–Kier alpha value is -7.42. The van der Waals surface area contributed by atoms with Crippen molar-refractivity contribution < 1.29 is 44.1 Å². The second kappa shape index (κ2) is 26.2. The minimum atomic E-state index is -1.65. The first-order valence-electron chi connectivity index (χ1n) is 22.7. The number of carbonyl (C=O) groups excluding carboxylic acids is 3. The smallest absolute Gasteiger partial charge is 0.271 e. The lowest BCUT2D eigenvalue weighted by Gasteiger charge is -2.26. The number of hydrogen-bond donors (Lipinski definition) is 6. The van der Waals surface area contributed by atoms with Gasteiger partial charge in [0.1, 0.15) is 18.9 Å². The SMILES string of the molecule is Cc1c(C(=O)NCCCC(CCCNC(=O)c2c(OCc3ccccc3)c(=O)ccn2CCO)(CCCNC(=O)c2c(OCc3ccccc3)c(=O)ccn2CCO)[N+](=O)[O-])n(CCO)ccc1=O. The van der Waals surface area contributed by atoms with Crippen LogP contribution >= 0.6 is 0 Å². The molecule has 5 rings (SSSR count). The summed E-state index contributed by atoms with van der Waals surface area (Å²) in [5, 5.41) is 50.4. The van der Waals surface area contributed by atoms with Crippen LogP contribution in [0.4, 0.5) is 0 Å². The Kier molecular flexibility index (Phi) is 20.0. The largest absolute Gasteiger partial charge is 0.483 e. The van der Waals surface area contributed by atoms with Crippen molar-refractivity contribution in [3.8, 4) is 11.5 Å². The Labute approximate surface area is 397 Å². The van der Waals surface area contributed by atoms with E-state index >= 15 is 0 Å². The number of carbonyl (C=O) groups is 3. The van der Waals surface area contributed by atoms with Crippen molar-refractivity contribution >= 4 is 17.7 Å². The van der Waals surface area contributed by atoms with Gasteiger partial charge in [0.25, 0.3) is 17.7 Å². The molecule has 3 amide bonds. The zero-order valence-corrected chi connectivity index (χ0v) is 38.5. The monoisotopic (exact) mass is 953 g/mol. The number of amides is 3. The molecule has 0 aliphatic heterocycles. The molecule has 0 spiro atoms. The molecule has 20 heteroatoms. The molecule has 0 aliphatic rings. The van der Waals surface area contributed by atoms with Crippen LogP contribution in [0.5, 0.6) is 11.5 Å². The van der Waals surface area contributed by atoms with Crippen molar-refractivity contribution in [1.82, 2.24) is 29.7 Å². The number of nitrogens with one attached hydrogen (secondary N) is 3. The maximum absolute atomic E-state index is 13.8. The highest BCUT2D eigenvalue weighted by Crippen LogP contribution is 2.29. The van der Waals surface area contributed by atoms with Crippen LogP contribution in [0.3, 0.4) is 0 Å². The molecule has 3 aromatic heterocycles. The van der Waals surface area contributed by atoms with Crippen LogP contribution in [-0.4, -0.2) is 96.7 Å². The molecule has 0 fully saturated rings. The first-order chi connectivity index (χ1) is 33.3. The lowest BCUT2D eigenvalue weighted by Crippen LogP contribution is -2.41. The summed E-state index contributed by atoms with van der Waals surface area (Å²) in [4.78, 5) is 92.1. The minimum Gasteiger partial charge on any atom is -0.483 e. The van der Waals surface area contributed by atoms with E-state index in [1.54, 1.807) is 48.5 Å². The van der Waals surface area contributed by atoms with Gasteiger partial charge in [0.2, 0.25) is 16.4 Å². The molecular formula is C49H59N7O13. The van der Waals surface area contributed by atoms with E-state index in [0.29, 0.717) is 0 Å². The van der Waals surface area contributed by atoms with E-state index in [2.05, 4.69) is 16.0 Å². The molecular weight excluding hydrogens is 895 g/mol. The molecule has 0 saturated carbocycles. The van der Waals surface area contributed by atoms with Gasteiger partial charge in [0.05, 0.1) is 19.8 Å². The summed E-state index contributed by atoms with van der Waals surface area (Å²) in [6.45, 7) is 0.302. The number of aliphatic hydroxyl groups is 3. The van der Waals surface area contributed by atoms with E-state index in [0.717, 1.165) is 11.1 Å². The lowest BCUT2D eigenvalue weighted by atomic mass is 9.84. The number of aromatic nitrogens is 3. The number of aliphatic hydroxyl groups excluding tert-OH is 3. The van der Waals surface area contributed by atoms with Gasteiger partial charge in [-0.3, -0.25) is 38.9 Å². The van der Waals surface area contributed by atoms with Gasteiger partial charge in [-0.05, 0) is 37.3 Å². The summed E-state index contributed by atoms with van der Waals surface area (Å²) >= 11 is 0. The average molecular weight is 954 g/mol. The molecule has 0 atom stereocenters. The molecule has 0 aliphatic carbocycles. The van der Waals surface area contributed by atoms with Crippen LogP contribution in [0.25, 0.3) is 0 Å². The first-order valence-corrected chi connectivity index (χ1v) is 22.7. The van der Waals surface area contributed by atoms with Gasteiger partial charge in [-0.25, -0.2) is 0 Å². The van der Waals surface area contributed by atoms with E-state index in [-0.39, 0.29) is 150 Å². The first kappa shape index (κ1) is 52.5. The van der Waals surface area contributed by atoms with Gasteiger partial charge in [-0.2, -0.15) is 0 Å². The van der Waals surface area contributed by atoms with E-state index in [1.807, 2.05) is 12.1 Å². The molecule has 20 nitrogen and oxygen atoms in total. The molecule has 0 bridgehead atoms. The van der Waals surface area contributed by atoms with Crippen LogP contribution in [-0.2, 0) is 32.8 Å². The highest BCUT2D eigenvalue weighted by Gasteiger charge is 2.41. The summed E-state index contributed by atoms with van der Waals surface area (Å²) in [5.41, 5.74) is -1.69. The summed E-state index contributed by atoms with van der Waals surface area (Å²) in [7, 11) is 0. The van der Waals surface area contributed by atoms with Crippen LogP contribution in [0.2, 0.25) is 0 Å². The van der Waals surface area contributed by atoms with Gasteiger partial charge in [-0.15, -0.1) is 0 Å². The number of pyridine rings is 3. The van der Waals surface area contributed by atoms with E-state index in [9.17, 15) is 54.2 Å². The highest BCUT2D eigenvalue weighted by atomic mass is 16.6. The standard InChI is InChI=1S/C49H59N7O13/c1-35-38(60)15-24-53(27-30-57)41(35)46(63)50-21-8-18-49(56(66)67,19-9-22-51-47(64)42-44(39(61)16-25-54(42)28-31-58)68-33-36-11-4-2-5-12-36)20-10-23-52-48(65)43-45(40(62)17-26-55(43)29-32-59)69-34-37-13-6-3-7-14-37/h2-7,11-17,24-26,57-59H,8-10,18-23,27-34H2,1H3,(H,50,63)(H,51,64)(H,52,65). The predicted molar refractivity (Wildman–Crippen MR) is 254 cm³/mol. The second-order valence-corrected chi connectivity index (χ2v) is 16.2. The fraction of sp³-hybridized carbons (Fsp3) is 0.388. The molecule has 3 heterocycles. The molecule has 6 N–H and O–H groups in total. The molecule has 2 aromatic carbocycles.